The average molecular weight is 511 g/mol. The van der Waals surface area contributed by atoms with Crippen molar-refractivity contribution < 1.29 is 33.4 Å². The number of rotatable bonds is 8. The van der Waals surface area contributed by atoms with Gasteiger partial charge in [-0.1, -0.05) is 24.4 Å². The summed E-state index contributed by atoms with van der Waals surface area (Å²) in [4.78, 5) is 52.4. The molecule has 0 bridgehead atoms. The van der Waals surface area contributed by atoms with Crippen LogP contribution in [0.5, 0.6) is 11.5 Å². The van der Waals surface area contributed by atoms with Gasteiger partial charge in [-0.3, -0.25) is 19.3 Å². The summed E-state index contributed by atoms with van der Waals surface area (Å²) < 4.78 is 15.6. The van der Waals surface area contributed by atoms with Gasteiger partial charge in [0.1, 0.15) is 6.54 Å². The van der Waals surface area contributed by atoms with Gasteiger partial charge < -0.3 is 19.1 Å². The Kier molecular flexibility index (Phi) is 9.23. The van der Waals surface area contributed by atoms with Crippen molar-refractivity contribution in [1.29, 1.82) is 0 Å². The highest BCUT2D eigenvalue weighted by atomic mass is 35.5. The Morgan fingerprint density at radius 1 is 1.15 bits per heavy atom. The lowest BCUT2D eigenvalue weighted by Gasteiger charge is -2.22. The Bertz CT molecular complexity index is 990. The molecule has 3 amide bonds. The van der Waals surface area contributed by atoms with Gasteiger partial charge in [-0.2, -0.15) is 0 Å². The number of ether oxygens (including phenoxy) is 3. The monoisotopic (exact) mass is 510 g/mol. The molecule has 3 rings (SSSR count). The number of esters is 1. The fraction of sp³-hybridized carbons (Fsp3) is 0.478. The molecule has 34 heavy (non-hydrogen) atoms. The summed E-state index contributed by atoms with van der Waals surface area (Å²) in [5.74, 6) is -0.897. The molecule has 0 unspecified atom stereocenters. The zero-order valence-corrected chi connectivity index (χ0v) is 20.7. The number of halogens is 1. The first-order valence-corrected chi connectivity index (χ1v) is 12.2. The van der Waals surface area contributed by atoms with Crippen molar-refractivity contribution in [2.45, 2.75) is 32.6 Å². The van der Waals surface area contributed by atoms with Crippen molar-refractivity contribution in [3.8, 4) is 11.5 Å². The molecule has 11 heteroatoms. The van der Waals surface area contributed by atoms with E-state index in [1.165, 1.54) is 19.3 Å². The van der Waals surface area contributed by atoms with Gasteiger partial charge in [0, 0.05) is 13.1 Å². The molecule has 2 aliphatic rings. The lowest BCUT2D eigenvalue weighted by Crippen LogP contribution is -2.42. The van der Waals surface area contributed by atoms with Gasteiger partial charge in [0.2, 0.25) is 5.91 Å². The van der Waals surface area contributed by atoms with Gasteiger partial charge in [0.05, 0.1) is 23.6 Å². The van der Waals surface area contributed by atoms with E-state index in [0.717, 1.165) is 42.3 Å². The molecule has 2 heterocycles. The molecule has 2 saturated heterocycles. The highest BCUT2D eigenvalue weighted by Gasteiger charge is 2.37. The number of hydrogen-bond acceptors (Lipinski definition) is 8. The third-order valence-corrected chi connectivity index (χ3v) is 6.50. The van der Waals surface area contributed by atoms with Crippen molar-refractivity contribution in [1.82, 2.24) is 9.80 Å². The predicted molar refractivity (Wildman–Crippen MR) is 128 cm³/mol. The van der Waals surface area contributed by atoms with Gasteiger partial charge in [0.15, 0.2) is 18.1 Å². The van der Waals surface area contributed by atoms with E-state index in [1.807, 2.05) is 0 Å². The summed E-state index contributed by atoms with van der Waals surface area (Å²) in [5, 5.41) is -0.336. The third kappa shape index (κ3) is 6.44. The lowest BCUT2D eigenvalue weighted by molar-refractivity contribution is -0.145. The zero-order valence-electron chi connectivity index (χ0n) is 19.1. The fourth-order valence-electron chi connectivity index (χ4n) is 3.64. The van der Waals surface area contributed by atoms with Crippen molar-refractivity contribution >= 4 is 52.5 Å². The van der Waals surface area contributed by atoms with Crippen LogP contribution in [0.1, 0.15) is 38.2 Å². The first-order valence-electron chi connectivity index (χ1n) is 11.0. The molecule has 0 aliphatic carbocycles. The molecule has 0 saturated carbocycles. The number of methoxy groups -OCH3 is 1. The van der Waals surface area contributed by atoms with Crippen LogP contribution in [0.15, 0.2) is 17.0 Å². The van der Waals surface area contributed by atoms with Crippen molar-refractivity contribution in [3.05, 3.63) is 27.6 Å². The minimum Gasteiger partial charge on any atom is -0.493 e. The minimum absolute atomic E-state index is 0.158. The first-order chi connectivity index (χ1) is 16.3. The van der Waals surface area contributed by atoms with Crippen LogP contribution in [0.25, 0.3) is 6.08 Å². The minimum atomic E-state index is -0.548. The molecule has 2 fully saturated rings. The number of likely N-dealkylation sites (tertiary alicyclic amines) is 1. The van der Waals surface area contributed by atoms with Crippen molar-refractivity contribution in [2.75, 3.05) is 40.0 Å². The number of carbonyl (C=O) groups is 4. The van der Waals surface area contributed by atoms with E-state index in [2.05, 4.69) is 0 Å². The quantitative estimate of drug-likeness (QED) is 0.385. The topological polar surface area (TPSA) is 102 Å². The zero-order chi connectivity index (χ0) is 24.7. The summed E-state index contributed by atoms with van der Waals surface area (Å²) >= 11 is 7.08. The molecule has 9 nitrogen and oxygen atoms in total. The molecule has 1 aromatic carbocycles. The summed E-state index contributed by atoms with van der Waals surface area (Å²) in [6.45, 7) is 2.60. The van der Waals surface area contributed by atoms with Crippen LogP contribution < -0.4 is 9.47 Å². The van der Waals surface area contributed by atoms with E-state index < -0.39 is 17.1 Å². The highest BCUT2D eigenvalue weighted by Crippen LogP contribution is 2.39. The number of thioether (sulfide) groups is 1. The second kappa shape index (κ2) is 12.1. The van der Waals surface area contributed by atoms with Gasteiger partial charge >= 0.3 is 5.97 Å². The number of hydrogen-bond donors (Lipinski definition) is 0. The summed E-state index contributed by atoms with van der Waals surface area (Å²) in [6, 6.07) is 3.10. The lowest BCUT2D eigenvalue weighted by atomic mass is 10.1. The molecule has 0 spiro atoms. The van der Waals surface area contributed by atoms with Gasteiger partial charge in [-0.25, -0.2) is 4.79 Å². The molecule has 0 aromatic heterocycles. The molecule has 0 atom stereocenters. The normalized spacial score (nSPS) is 17.7. The van der Waals surface area contributed by atoms with E-state index in [9.17, 15) is 19.2 Å². The van der Waals surface area contributed by atoms with Gasteiger partial charge in [-0.05, 0) is 55.3 Å². The number of benzene rings is 1. The molecule has 184 valence electrons. The molecule has 0 N–H and O–H groups in total. The molecular weight excluding hydrogens is 484 g/mol. The number of amides is 3. The van der Waals surface area contributed by atoms with Gasteiger partial charge in [0.25, 0.3) is 11.1 Å². The molecule has 0 radical (unpaired) electrons. The Morgan fingerprint density at radius 2 is 1.85 bits per heavy atom. The Balaban J connectivity index is 1.73. The summed E-state index contributed by atoms with van der Waals surface area (Å²) in [5.41, 5.74) is 0.495. The van der Waals surface area contributed by atoms with Crippen molar-refractivity contribution in [3.63, 3.8) is 0 Å². The maximum atomic E-state index is 12.9. The van der Waals surface area contributed by atoms with Crippen LogP contribution in [-0.4, -0.2) is 72.8 Å². The van der Waals surface area contributed by atoms with Crippen LogP contribution in [0, 0.1) is 0 Å². The smallest absolute Gasteiger partial charge is 0.344 e. The van der Waals surface area contributed by atoms with E-state index in [0.29, 0.717) is 18.7 Å². The maximum absolute atomic E-state index is 12.9. The molecule has 2 aliphatic heterocycles. The van der Waals surface area contributed by atoms with E-state index in [1.54, 1.807) is 17.9 Å². The van der Waals surface area contributed by atoms with E-state index >= 15 is 0 Å². The Morgan fingerprint density at radius 3 is 2.50 bits per heavy atom. The maximum Gasteiger partial charge on any atom is 0.344 e. The van der Waals surface area contributed by atoms with Crippen LogP contribution in [-0.2, 0) is 19.1 Å². The fourth-order valence-corrected chi connectivity index (χ4v) is 4.75. The third-order valence-electron chi connectivity index (χ3n) is 5.31. The van der Waals surface area contributed by atoms with Crippen LogP contribution >= 0.6 is 23.4 Å². The highest BCUT2D eigenvalue weighted by molar-refractivity contribution is 8.18. The Hall–Kier alpha value is -2.72. The number of carbonyl (C=O) groups excluding carboxylic acids is 4. The average Bonchev–Trinajstić information content (AvgIpc) is 2.99. The summed E-state index contributed by atoms with van der Waals surface area (Å²) in [7, 11) is 1.41. The van der Waals surface area contributed by atoms with Gasteiger partial charge in [-0.15, -0.1) is 0 Å². The first kappa shape index (κ1) is 25.9. The standard InChI is InChI=1S/C23H27ClN2O7S/c1-3-32-20(28)14-33-21-16(24)10-15(11-17(21)31-2)12-18-22(29)26(23(30)34-18)13-19(27)25-8-6-4-5-7-9-25/h10-12H,3-9,13-14H2,1-2H3. The molecular formula is C23H27ClN2O7S. The van der Waals surface area contributed by atoms with Crippen LogP contribution in [0.2, 0.25) is 5.02 Å². The van der Waals surface area contributed by atoms with E-state index in [4.69, 9.17) is 25.8 Å². The second-order valence-electron chi connectivity index (χ2n) is 7.69. The van der Waals surface area contributed by atoms with Crippen LogP contribution in [0.3, 0.4) is 0 Å². The van der Waals surface area contributed by atoms with Crippen LogP contribution in [0.4, 0.5) is 4.79 Å². The largest absolute Gasteiger partial charge is 0.493 e. The van der Waals surface area contributed by atoms with Crippen molar-refractivity contribution in [2.24, 2.45) is 0 Å². The molecule has 1 aromatic rings. The second-order valence-corrected chi connectivity index (χ2v) is 9.09. The van der Waals surface area contributed by atoms with E-state index in [-0.39, 0.29) is 47.1 Å². The summed E-state index contributed by atoms with van der Waals surface area (Å²) in [6.07, 6.45) is 5.51. The SMILES string of the molecule is CCOC(=O)COc1c(Cl)cc(C=C2SC(=O)N(CC(=O)N3CCCCCC3)C2=O)cc1OC. The number of imide groups is 1. The number of nitrogens with zero attached hydrogens (tertiary/aromatic N) is 2. The predicted octanol–water partition coefficient (Wildman–Crippen LogP) is 3.73. The Labute approximate surface area is 207 Å².